The molecule has 2 aromatic carbocycles. The van der Waals surface area contributed by atoms with Gasteiger partial charge in [-0.05, 0) is 42.0 Å². The van der Waals surface area contributed by atoms with Crippen LogP contribution in [0.4, 0.5) is 4.79 Å². The molecule has 8 nitrogen and oxygen atoms in total. The number of nitrogens with zero attached hydrogens (tertiary/aromatic N) is 3. The van der Waals surface area contributed by atoms with Crippen LogP contribution in [0.3, 0.4) is 0 Å². The van der Waals surface area contributed by atoms with Crippen LogP contribution in [0.2, 0.25) is 0 Å². The Hall–Kier alpha value is -3.56. The van der Waals surface area contributed by atoms with Crippen LogP contribution in [0.1, 0.15) is 18.1 Å². The summed E-state index contributed by atoms with van der Waals surface area (Å²) >= 11 is 0.932. The number of fused-ring (bicyclic) bond motifs is 1. The first-order valence-corrected chi connectivity index (χ1v) is 13.3. The Kier molecular flexibility index (Phi) is 7.62. The van der Waals surface area contributed by atoms with Crippen molar-refractivity contribution in [2.24, 2.45) is 0 Å². The number of carbonyl (C=O) groups excluding carboxylic acids is 3. The van der Waals surface area contributed by atoms with Gasteiger partial charge in [0.25, 0.3) is 11.1 Å². The molecule has 0 spiro atoms. The molecule has 0 saturated carbocycles. The van der Waals surface area contributed by atoms with Crippen molar-refractivity contribution in [3.63, 3.8) is 0 Å². The number of imide groups is 1. The Balaban J connectivity index is 1.37. The fraction of sp³-hybridized carbons (Fsp3) is 0.321. The minimum Gasteiger partial charge on any atom is -0.492 e. The molecule has 0 bridgehead atoms. The van der Waals surface area contributed by atoms with Gasteiger partial charge in [-0.3, -0.25) is 19.3 Å². The highest BCUT2D eigenvalue weighted by atomic mass is 32.2. The summed E-state index contributed by atoms with van der Waals surface area (Å²) in [5, 5.41) is 0.640. The van der Waals surface area contributed by atoms with Gasteiger partial charge in [0.2, 0.25) is 5.91 Å². The third-order valence-corrected chi connectivity index (χ3v) is 7.46. The van der Waals surface area contributed by atoms with Gasteiger partial charge in [-0.15, -0.1) is 0 Å². The third kappa shape index (κ3) is 5.42. The molecule has 3 amide bonds. The molecule has 2 aliphatic rings. The lowest BCUT2D eigenvalue weighted by Gasteiger charge is -2.27. The number of amides is 3. The van der Waals surface area contributed by atoms with Gasteiger partial charge in [-0.25, -0.2) is 0 Å². The molecular formula is C28H29N3O5S. The molecule has 0 atom stereocenters. The van der Waals surface area contributed by atoms with Gasteiger partial charge in [0.05, 0.1) is 30.2 Å². The molecule has 3 heterocycles. The van der Waals surface area contributed by atoms with Crippen molar-refractivity contribution in [3.8, 4) is 5.75 Å². The van der Waals surface area contributed by atoms with Crippen LogP contribution in [0, 0.1) is 0 Å². The molecule has 0 N–H and O–H groups in total. The first-order valence-electron chi connectivity index (χ1n) is 12.4. The van der Waals surface area contributed by atoms with E-state index in [1.807, 2.05) is 58.1 Å². The lowest BCUT2D eigenvalue weighted by Crippen LogP contribution is -2.42. The number of ether oxygens (including phenoxy) is 2. The van der Waals surface area contributed by atoms with E-state index in [1.165, 1.54) is 4.90 Å². The van der Waals surface area contributed by atoms with E-state index in [-0.39, 0.29) is 36.7 Å². The predicted octanol–water partition coefficient (Wildman–Crippen LogP) is 4.18. The Morgan fingerprint density at radius 2 is 1.86 bits per heavy atom. The Morgan fingerprint density at radius 1 is 1.08 bits per heavy atom. The van der Waals surface area contributed by atoms with Crippen LogP contribution >= 0.6 is 11.8 Å². The molecule has 1 aromatic heterocycles. The molecule has 192 valence electrons. The van der Waals surface area contributed by atoms with Crippen molar-refractivity contribution < 1.29 is 23.9 Å². The molecule has 2 saturated heterocycles. The molecule has 5 rings (SSSR count). The van der Waals surface area contributed by atoms with Crippen molar-refractivity contribution in [1.82, 2.24) is 14.4 Å². The van der Waals surface area contributed by atoms with Crippen LogP contribution in [-0.2, 0) is 27.3 Å². The number of aryl methyl sites for hydroxylation is 1. The highest BCUT2D eigenvalue weighted by Crippen LogP contribution is 2.35. The van der Waals surface area contributed by atoms with Crippen molar-refractivity contribution in [2.75, 3.05) is 39.5 Å². The lowest BCUT2D eigenvalue weighted by molar-refractivity contribution is -0.135. The molecule has 0 radical (unpaired) electrons. The molecule has 0 aliphatic carbocycles. The van der Waals surface area contributed by atoms with Crippen LogP contribution < -0.4 is 4.74 Å². The summed E-state index contributed by atoms with van der Waals surface area (Å²) in [5.74, 6) is 0.399. The van der Waals surface area contributed by atoms with E-state index in [4.69, 9.17) is 9.47 Å². The summed E-state index contributed by atoms with van der Waals surface area (Å²) in [4.78, 5) is 42.1. The fourth-order valence-corrected chi connectivity index (χ4v) is 5.51. The zero-order valence-corrected chi connectivity index (χ0v) is 21.5. The second kappa shape index (κ2) is 11.2. The topological polar surface area (TPSA) is 81.1 Å². The number of aromatic nitrogens is 1. The zero-order valence-electron chi connectivity index (χ0n) is 20.7. The van der Waals surface area contributed by atoms with Gasteiger partial charge in [0, 0.05) is 30.2 Å². The zero-order chi connectivity index (χ0) is 25.8. The quantitative estimate of drug-likeness (QED) is 0.416. The Bertz CT molecular complexity index is 1340. The average Bonchev–Trinajstić information content (AvgIpc) is 3.41. The maximum atomic E-state index is 13.1. The third-order valence-electron chi connectivity index (χ3n) is 6.55. The number of benzene rings is 2. The summed E-state index contributed by atoms with van der Waals surface area (Å²) in [6.45, 7) is 4.97. The SMILES string of the molecule is CCc1cccc2c(/C=C3\SC(=O)N(CCOc4ccccc4)C3=O)cn(CC(=O)N3CCOCC3)c12. The Labute approximate surface area is 219 Å². The average molecular weight is 520 g/mol. The normalized spacial score (nSPS) is 17.3. The van der Waals surface area contributed by atoms with Gasteiger partial charge in [-0.1, -0.05) is 43.3 Å². The smallest absolute Gasteiger partial charge is 0.293 e. The lowest BCUT2D eigenvalue weighted by atomic mass is 10.1. The largest absolute Gasteiger partial charge is 0.492 e. The number of para-hydroxylation sites is 2. The summed E-state index contributed by atoms with van der Waals surface area (Å²) in [6, 6.07) is 15.3. The van der Waals surface area contributed by atoms with E-state index >= 15 is 0 Å². The summed E-state index contributed by atoms with van der Waals surface area (Å²) in [6.07, 6.45) is 4.49. The van der Waals surface area contributed by atoms with Crippen LogP contribution in [0.15, 0.2) is 59.6 Å². The summed E-state index contributed by atoms with van der Waals surface area (Å²) in [7, 11) is 0. The molecule has 9 heteroatoms. The number of rotatable bonds is 8. The first kappa shape index (κ1) is 25.1. The highest BCUT2D eigenvalue weighted by molar-refractivity contribution is 8.18. The highest BCUT2D eigenvalue weighted by Gasteiger charge is 2.35. The van der Waals surface area contributed by atoms with Gasteiger partial charge >= 0.3 is 0 Å². The minimum atomic E-state index is -0.330. The number of carbonyl (C=O) groups is 3. The molecule has 2 aliphatic heterocycles. The predicted molar refractivity (Wildman–Crippen MR) is 143 cm³/mol. The van der Waals surface area contributed by atoms with Gasteiger partial charge < -0.3 is 18.9 Å². The van der Waals surface area contributed by atoms with Crippen LogP contribution in [0.25, 0.3) is 17.0 Å². The second-order valence-corrected chi connectivity index (χ2v) is 9.86. The summed E-state index contributed by atoms with van der Waals surface area (Å²) in [5.41, 5.74) is 2.91. The van der Waals surface area contributed by atoms with E-state index in [1.54, 1.807) is 6.08 Å². The number of hydrogen-bond acceptors (Lipinski definition) is 6. The van der Waals surface area contributed by atoms with E-state index in [0.29, 0.717) is 37.0 Å². The van der Waals surface area contributed by atoms with Crippen molar-refractivity contribution in [2.45, 2.75) is 19.9 Å². The molecular weight excluding hydrogens is 490 g/mol. The van der Waals surface area contributed by atoms with Crippen molar-refractivity contribution >= 4 is 45.8 Å². The van der Waals surface area contributed by atoms with E-state index in [9.17, 15) is 14.4 Å². The van der Waals surface area contributed by atoms with E-state index in [2.05, 4.69) is 13.0 Å². The van der Waals surface area contributed by atoms with Crippen molar-refractivity contribution in [1.29, 1.82) is 0 Å². The monoisotopic (exact) mass is 519 g/mol. The van der Waals surface area contributed by atoms with Crippen molar-refractivity contribution in [3.05, 3.63) is 70.8 Å². The van der Waals surface area contributed by atoms with E-state index < -0.39 is 0 Å². The van der Waals surface area contributed by atoms with E-state index in [0.717, 1.165) is 40.2 Å². The van der Waals surface area contributed by atoms with Gasteiger partial charge in [0.15, 0.2) is 0 Å². The second-order valence-electron chi connectivity index (χ2n) is 8.87. The molecule has 0 unspecified atom stereocenters. The van der Waals surface area contributed by atoms with Gasteiger partial charge in [-0.2, -0.15) is 0 Å². The standard InChI is InChI=1S/C28H29N3O5S/c1-2-20-7-6-10-23-21(18-30(26(20)23)19-25(32)29-11-14-35-15-12-29)17-24-27(33)31(28(34)37-24)13-16-36-22-8-4-3-5-9-22/h3-10,17-18H,2,11-16,19H2,1H3/b24-17-. The maximum Gasteiger partial charge on any atom is 0.293 e. The van der Waals surface area contributed by atoms with Crippen LogP contribution in [0.5, 0.6) is 5.75 Å². The molecule has 3 aromatic rings. The van der Waals surface area contributed by atoms with Crippen LogP contribution in [-0.4, -0.2) is 70.9 Å². The maximum absolute atomic E-state index is 13.1. The number of hydrogen-bond donors (Lipinski definition) is 0. The fourth-order valence-electron chi connectivity index (χ4n) is 4.65. The Morgan fingerprint density at radius 3 is 2.62 bits per heavy atom. The molecule has 2 fully saturated rings. The molecule has 37 heavy (non-hydrogen) atoms. The van der Waals surface area contributed by atoms with Gasteiger partial charge in [0.1, 0.15) is 18.9 Å². The summed E-state index contributed by atoms with van der Waals surface area (Å²) < 4.78 is 13.0. The number of thioether (sulfide) groups is 1. The first-order chi connectivity index (χ1) is 18.0. The number of morpholine rings is 1. The minimum absolute atomic E-state index is 0.0383.